The molecule has 0 spiro atoms. The van der Waals surface area contributed by atoms with E-state index in [0.29, 0.717) is 30.6 Å². The average molecular weight is 394 g/mol. The van der Waals surface area contributed by atoms with Gasteiger partial charge in [0.25, 0.3) is 0 Å². The molecule has 0 aliphatic carbocycles. The van der Waals surface area contributed by atoms with Gasteiger partial charge in [-0.15, -0.1) is 0 Å². The minimum absolute atomic E-state index is 0.00378. The summed E-state index contributed by atoms with van der Waals surface area (Å²) in [4.78, 5) is 19.6. The van der Waals surface area contributed by atoms with Crippen molar-refractivity contribution < 1.29 is 19.4 Å². The monoisotopic (exact) mass is 393 g/mol. The third-order valence-electron chi connectivity index (χ3n) is 6.15. The number of carbonyl (C=O) groups excluding carboxylic acids is 1. The van der Waals surface area contributed by atoms with Crippen LogP contribution in [-0.2, 0) is 11.2 Å². The second-order valence-corrected chi connectivity index (χ2v) is 8.12. The summed E-state index contributed by atoms with van der Waals surface area (Å²) in [7, 11) is 2.15. The van der Waals surface area contributed by atoms with E-state index in [1.165, 1.54) is 12.1 Å². The molecule has 1 aromatic rings. The molecular weight excluding hydrogens is 361 g/mol. The van der Waals surface area contributed by atoms with E-state index in [1.54, 1.807) is 6.07 Å². The maximum Gasteiger partial charge on any atom is 0.227 e. The molecule has 0 aromatic heterocycles. The van der Waals surface area contributed by atoms with Gasteiger partial charge in [0.2, 0.25) is 5.91 Å². The van der Waals surface area contributed by atoms with Crippen LogP contribution in [0.1, 0.15) is 24.8 Å². The number of amides is 1. The first-order valence-corrected chi connectivity index (χ1v) is 10.3. The van der Waals surface area contributed by atoms with Crippen LogP contribution >= 0.6 is 0 Å². The van der Waals surface area contributed by atoms with Crippen LogP contribution in [0.25, 0.3) is 0 Å². The number of likely N-dealkylation sites (N-methyl/N-ethyl adjacent to an activating group) is 1. The van der Waals surface area contributed by atoms with Crippen molar-refractivity contribution in [3.63, 3.8) is 0 Å². The van der Waals surface area contributed by atoms with Crippen LogP contribution in [0.2, 0.25) is 0 Å². The van der Waals surface area contributed by atoms with Gasteiger partial charge in [-0.25, -0.2) is 4.39 Å². The largest absolute Gasteiger partial charge is 0.505 e. The highest BCUT2D eigenvalue weighted by atomic mass is 19.1. The van der Waals surface area contributed by atoms with Crippen molar-refractivity contribution in [2.45, 2.75) is 31.7 Å². The lowest BCUT2D eigenvalue weighted by atomic mass is 9.86. The summed E-state index contributed by atoms with van der Waals surface area (Å²) in [6.45, 7) is 5.82. The number of hydrogen-bond acceptors (Lipinski definition) is 5. The number of phenolic OH excluding ortho intramolecular Hbond substituents is 1. The molecule has 28 heavy (non-hydrogen) atoms. The average Bonchev–Trinajstić information content (AvgIpc) is 2.69. The Balaban J connectivity index is 1.62. The highest BCUT2D eigenvalue weighted by Gasteiger charge is 2.35. The SMILES string of the molecule is CN1CCN([C@@H]2CCN(C(=O)Cc3ccc(O)c(F)c3)C[C@@H]2CCCO)CC1. The van der Waals surface area contributed by atoms with E-state index in [-0.39, 0.29) is 18.9 Å². The maximum atomic E-state index is 13.6. The number of phenols is 1. The maximum absolute atomic E-state index is 13.6. The number of nitrogens with zero attached hydrogens (tertiary/aromatic N) is 3. The third-order valence-corrected chi connectivity index (χ3v) is 6.15. The van der Waals surface area contributed by atoms with Gasteiger partial charge in [-0.05, 0) is 49.9 Å². The van der Waals surface area contributed by atoms with E-state index in [4.69, 9.17) is 0 Å². The molecule has 2 fully saturated rings. The molecule has 2 saturated heterocycles. The van der Waals surface area contributed by atoms with Crippen LogP contribution in [-0.4, -0.2) is 89.8 Å². The van der Waals surface area contributed by atoms with Gasteiger partial charge >= 0.3 is 0 Å². The molecule has 3 rings (SSSR count). The smallest absolute Gasteiger partial charge is 0.227 e. The molecule has 0 bridgehead atoms. The fraction of sp³-hybridized carbons (Fsp3) is 0.667. The molecule has 0 radical (unpaired) electrons. The number of carbonyl (C=O) groups is 1. The number of benzene rings is 1. The summed E-state index contributed by atoms with van der Waals surface area (Å²) < 4.78 is 13.6. The lowest BCUT2D eigenvalue weighted by molar-refractivity contribution is -0.133. The standard InChI is InChI=1S/C21H32FN3O3/c1-23-8-10-24(11-9-23)19-6-7-25(15-17(19)3-2-12-26)21(28)14-16-4-5-20(27)18(22)13-16/h4-5,13,17,19,26-27H,2-3,6-12,14-15H2,1H3/t17-,19+/m0/s1. The quantitative estimate of drug-likeness (QED) is 0.763. The first kappa shape index (κ1) is 21.0. The van der Waals surface area contributed by atoms with E-state index < -0.39 is 11.6 Å². The number of rotatable bonds is 6. The van der Waals surface area contributed by atoms with E-state index in [1.807, 2.05) is 4.90 Å². The van der Waals surface area contributed by atoms with E-state index >= 15 is 0 Å². The Bertz CT molecular complexity index is 664. The number of hydrogen-bond donors (Lipinski definition) is 2. The van der Waals surface area contributed by atoms with Gasteiger partial charge in [0.05, 0.1) is 6.42 Å². The first-order chi connectivity index (χ1) is 13.5. The fourth-order valence-corrected chi connectivity index (χ4v) is 4.46. The summed E-state index contributed by atoms with van der Waals surface area (Å²) in [6.07, 6.45) is 2.74. The molecule has 2 aliphatic rings. The Morgan fingerprint density at radius 2 is 1.96 bits per heavy atom. The number of halogens is 1. The molecule has 2 heterocycles. The van der Waals surface area contributed by atoms with Crippen molar-refractivity contribution in [2.24, 2.45) is 5.92 Å². The molecule has 0 saturated carbocycles. The number of piperazine rings is 1. The van der Waals surface area contributed by atoms with Gasteiger partial charge in [-0.2, -0.15) is 0 Å². The van der Waals surface area contributed by atoms with Crippen molar-refractivity contribution in [1.82, 2.24) is 14.7 Å². The number of piperidine rings is 1. The summed E-state index contributed by atoms with van der Waals surface area (Å²) >= 11 is 0. The Kier molecular flexibility index (Phi) is 7.26. The molecule has 156 valence electrons. The van der Waals surface area contributed by atoms with Gasteiger partial charge < -0.3 is 20.0 Å². The van der Waals surface area contributed by atoms with Gasteiger partial charge in [0.15, 0.2) is 11.6 Å². The zero-order chi connectivity index (χ0) is 20.1. The summed E-state index contributed by atoms with van der Waals surface area (Å²) in [5, 5.41) is 18.6. The molecule has 2 aliphatic heterocycles. The van der Waals surface area contributed by atoms with Gasteiger partial charge in [-0.3, -0.25) is 9.69 Å². The number of aromatic hydroxyl groups is 1. The highest BCUT2D eigenvalue weighted by molar-refractivity contribution is 5.79. The Labute approximate surface area is 166 Å². The predicted octanol–water partition coefficient (Wildman–Crippen LogP) is 1.31. The lowest BCUT2D eigenvalue weighted by Gasteiger charge is -2.46. The van der Waals surface area contributed by atoms with Crippen LogP contribution in [0.4, 0.5) is 4.39 Å². The summed E-state index contributed by atoms with van der Waals surface area (Å²) in [5.74, 6) is -0.742. The van der Waals surface area contributed by atoms with Gasteiger partial charge in [0, 0.05) is 51.9 Å². The second-order valence-electron chi connectivity index (χ2n) is 8.12. The minimum atomic E-state index is -0.695. The molecule has 7 heteroatoms. The van der Waals surface area contributed by atoms with Crippen molar-refractivity contribution >= 4 is 5.91 Å². The number of aliphatic hydroxyl groups is 1. The highest BCUT2D eigenvalue weighted by Crippen LogP contribution is 2.28. The van der Waals surface area contributed by atoms with E-state index in [0.717, 1.165) is 45.4 Å². The van der Waals surface area contributed by atoms with E-state index in [9.17, 15) is 19.4 Å². The van der Waals surface area contributed by atoms with Crippen LogP contribution in [0.5, 0.6) is 5.75 Å². The van der Waals surface area contributed by atoms with Gasteiger partial charge in [0.1, 0.15) is 0 Å². The van der Waals surface area contributed by atoms with Crippen molar-refractivity contribution in [2.75, 3.05) is 52.9 Å². The zero-order valence-corrected chi connectivity index (χ0v) is 16.7. The number of likely N-dealkylation sites (tertiary alicyclic amines) is 1. The second kappa shape index (κ2) is 9.67. The van der Waals surface area contributed by atoms with Crippen LogP contribution in [0.3, 0.4) is 0 Å². The molecule has 2 N–H and O–H groups in total. The first-order valence-electron chi connectivity index (χ1n) is 10.3. The fourth-order valence-electron chi connectivity index (χ4n) is 4.46. The van der Waals surface area contributed by atoms with Crippen molar-refractivity contribution in [3.05, 3.63) is 29.6 Å². The van der Waals surface area contributed by atoms with Crippen molar-refractivity contribution in [1.29, 1.82) is 0 Å². The minimum Gasteiger partial charge on any atom is -0.505 e. The molecule has 1 aromatic carbocycles. The molecule has 6 nitrogen and oxygen atoms in total. The topological polar surface area (TPSA) is 67.2 Å². The van der Waals surface area contributed by atoms with Gasteiger partial charge in [-0.1, -0.05) is 6.07 Å². The van der Waals surface area contributed by atoms with E-state index in [2.05, 4.69) is 16.8 Å². The molecule has 2 atom stereocenters. The van der Waals surface area contributed by atoms with Crippen molar-refractivity contribution in [3.8, 4) is 5.75 Å². The third kappa shape index (κ3) is 5.21. The Hall–Kier alpha value is -1.70. The molecule has 0 unspecified atom stereocenters. The number of aliphatic hydroxyl groups excluding tert-OH is 1. The predicted molar refractivity (Wildman–Crippen MR) is 106 cm³/mol. The summed E-state index contributed by atoms with van der Waals surface area (Å²) in [6, 6.07) is 4.57. The Morgan fingerprint density at radius 3 is 2.64 bits per heavy atom. The zero-order valence-electron chi connectivity index (χ0n) is 16.7. The normalized spacial score (nSPS) is 24.5. The van der Waals surface area contributed by atoms with Crippen LogP contribution < -0.4 is 0 Å². The molecular formula is C21H32FN3O3. The summed E-state index contributed by atoms with van der Waals surface area (Å²) in [5.41, 5.74) is 0.577. The lowest BCUT2D eigenvalue weighted by Crippen LogP contribution is -2.57. The van der Waals surface area contributed by atoms with Crippen LogP contribution in [0, 0.1) is 11.7 Å². The Morgan fingerprint density at radius 1 is 1.21 bits per heavy atom. The van der Waals surface area contributed by atoms with Crippen LogP contribution in [0.15, 0.2) is 18.2 Å². The molecule has 1 amide bonds.